The van der Waals surface area contributed by atoms with Gasteiger partial charge in [-0.1, -0.05) is 66.3 Å². The van der Waals surface area contributed by atoms with E-state index in [1.165, 1.54) is 24.4 Å². The van der Waals surface area contributed by atoms with Crippen LogP contribution in [0.25, 0.3) is 0 Å². The molecule has 3 aromatic rings. The molecule has 0 saturated carbocycles. The number of carbonyl (C=O) groups excluding carboxylic acids is 2. The Labute approximate surface area is 243 Å². The molecule has 1 unspecified atom stereocenters. The number of carbonyl (C=O) groups is 2. The molecule has 2 amide bonds. The van der Waals surface area contributed by atoms with Crippen LogP contribution in [0.3, 0.4) is 0 Å². The average molecular weight is 646 g/mol. The van der Waals surface area contributed by atoms with Crippen molar-refractivity contribution in [3.63, 3.8) is 0 Å². The van der Waals surface area contributed by atoms with Gasteiger partial charge in [0.25, 0.3) is 11.8 Å². The molecule has 0 bridgehead atoms. The van der Waals surface area contributed by atoms with Crippen LogP contribution in [-0.2, 0) is 11.4 Å². The molecule has 37 heavy (non-hydrogen) atoms. The highest BCUT2D eigenvalue weighted by Crippen LogP contribution is 2.28. The number of hydrazone groups is 1. The number of nitrogens with zero attached hydrogens (tertiary/aromatic N) is 1. The zero-order valence-electron chi connectivity index (χ0n) is 19.7. The van der Waals surface area contributed by atoms with Crippen molar-refractivity contribution in [1.29, 1.82) is 0 Å². The highest BCUT2D eigenvalue weighted by Gasteiger charge is 2.24. The summed E-state index contributed by atoms with van der Waals surface area (Å²) in [6.07, 6.45) is 1.49. The van der Waals surface area contributed by atoms with Crippen molar-refractivity contribution in [2.45, 2.75) is 26.5 Å². The minimum absolute atomic E-state index is 0.192. The van der Waals surface area contributed by atoms with Crippen LogP contribution in [-0.4, -0.2) is 24.1 Å². The first kappa shape index (κ1) is 29.3. The van der Waals surface area contributed by atoms with Gasteiger partial charge in [0.2, 0.25) is 0 Å². The van der Waals surface area contributed by atoms with Gasteiger partial charge in [0.1, 0.15) is 18.4 Å². The summed E-state index contributed by atoms with van der Waals surface area (Å²) in [6.45, 7) is 3.94. The quantitative estimate of drug-likeness (QED) is 0.186. The van der Waals surface area contributed by atoms with Gasteiger partial charge < -0.3 is 10.1 Å². The first-order valence-corrected chi connectivity index (χ1v) is 13.3. The van der Waals surface area contributed by atoms with Crippen LogP contribution in [0.1, 0.15) is 35.3 Å². The smallest absolute Gasteiger partial charge is 0.262 e. The van der Waals surface area contributed by atoms with Crippen molar-refractivity contribution in [2.24, 2.45) is 11.0 Å². The van der Waals surface area contributed by atoms with E-state index in [-0.39, 0.29) is 10.9 Å². The molecule has 0 aliphatic heterocycles. The number of hydrogen-bond donors (Lipinski definition) is 2. The Morgan fingerprint density at radius 3 is 2.24 bits per heavy atom. The van der Waals surface area contributed by atoms with E-state index >= 15 is 0 Å². The molecule has 11 heteroatoms. The molecule has 0 aliphatic rings. The molecular weight excluding hydrogens is 624 g/mol. The maximum atomic E-state index is 12.7. The van der Waals surface area contributed by atoms with E-state index in [1.54, 1.807) is 30.3 Å². The second-order valence-corrected chi connectivity index (χ2v) is 10.8. The van der Waals surface area contributed by atoms with Crippen molar-refractivity contribution >= 4 is 80.4 Å². The normalized spacial score (nSPS) is 12.0. The largest absolute Gasteiger partial charge is 0.488 e. The summed E-state index contributed by atoms with van der Waals surface area (Å²) in [7, 11) is 0. The SMILES string of the molecule is CC(C)C(NC(=O)c1ccc(Cl)c(Cl)c1)C(=O)NN=Cc1ccc(OCc2ccc(Cl)c(Cl)c2)c(Br)c1. The Kier molecular flexibility index (Phi) is 10.7. The minimum Gasteiger partial charge on any atom is -0.488 e. The number of benzene rings is 3. The van der Waals surface area contributed by atoms with Crippen LogP contribution in [0.5, 0.6) is 5.75 Å². The van der Waals surface area contributed by atoms with E-state index in [0.29, 0.717) is 37.5 Å². The van der Waals surface area contributed by atoms with Crippen molar-refractivity contribution in [2.75, 3.05) is 0 Å². The van der Waals surface area contributed by atoms with Gasteiger partial charge in [-0.05, 0) is 81.5 Å². The lowest BCUT2D eigenvalue weighted by Crippen LogP contribution is -2.48. The van der Waals surface area contributed by atoms with Crippen molar-refractivity contribution in [3.05, 3.63) is 95.9 Å². The standard InChI is InChI=1S/C26H22BrCl4N3O3/c1-14(2)24(33-25(35)17-5-7-20(29)22(31)11-17)26(36)34-32-12-15-4-8-23(18(27)9-15)37-13-16-3-6-19(28)21(30)10-16/h3-12,14,24H,13H2,1-2H3,(H,33,35)(H,34,36). The molecule has 3 rings (SSSR count). The van der Waals surface area contributed by atoms with E-state index in [2.05, 4.69) is 31.8 Å². The Hall–Kier alpha value is -2.29. The Bertz CT molecular complexity index is 1330. The number of amides is 2. The third-order valence-corrected chi connectivity index (χ3v) is 7.24. The molecule has 1 atom stereocenters. The molecule has 0 fully saturated rings. The van der Waals surface area contributed by atoms with Gasteiger partial charge in [0.05, 0.1) is 30.8 Å². The van der Waals surface area contributed by atoms with Gasteiger partial charge in [-0.3, -0.25) is 9.59 Å². The van der Waals surface area contributed by atoms with Gasteiger partial charge >= 0.3 is 0 Å². The number of hydrogen-bond acceptors (Lipinski definition) is 4. The second-order valence-electron chi connectivity index (χ2n) is 8.29. The molecule has 0 aromatic heterocycles. The summed E-state index contributed by atoms with van der Waals surface area (Å²) >= 11 is 27.4. The molecule has 2 N–H and O–H groups in total. The third kappa shape index (κ3) is 8.35. The van der Waals surface area contributed by atoms with Crippen LogP contribution < -0.4 is 15.5 Å². The third-order valence-electron chi connectivity index (χ3n) is 5.14. The van der Waals surface area contributed by atoms with E-state index in [1.807, 2.05) is 19.9 Å². The molecule has 0 radical (unpaired) electrons. The fourth-order valence-corrected chi connectivity index (χ4v) is 4.27. The van der Waals surface area contributed by atoms with Crippen LogP contribution in [0.15, 0.2) is 64.2 Å². The Balaban J connectivity index is 1.58. The van der Waals surface area contributed by atoms with Gasteiger partial charge in [-0.2, -0.15) is 5.10 Å². The molecule has 0 heterocycles. The van der Waals surface area contributed by atoms with Gasteiger partial charge in [0.15, 0.2) is 0 Å². The highest BCUT2D eigenvalue weighted by molar-refractivity contribution is 9.10. The van der Waals surface area contributed by atoms with Crippen molar-refractivity contribution in [3.8, 4) is 5.75 Å². The predicted molar refractivity (Wildman–Crippen MR) is 153 cm³/mol. The minimum atomic E-state index is -0.817. The molecule has 0 aliphatic carbocycles. The number of rotatable bonds is 9. The summed E-state index contributed by atoms with van der Waals surface area (Å²) in [5, 5.41) is 8.27. The highest BCUT2D eigenvalue weighted by atomic mass is 79.9. The maximum Gasteiger partial charge on any atom is 0.262 e. The first-order chi connectivity index (χ1) is 17.5. The summed E-state index contributed by atoms with van der Waals surface area (Å²) in [6, 6.07) is 14.4. The fourth-order valence-electron chi connectivity index (χ4n) is 3.14. The molecule has 194 valence electrons. The zero-order valence-corrected chi connectivity index (χ0v) is 24.3. The second kappa shape index (κ2) is 13.5. The van der Waals surface area contributed by atoms with Crippen LogP contribution >= 0.6 is 62.3 Å². The lowest BCUT2D eigenvalue weighted by Gasteiger charge is -2.20. The molecule has 0 spiro atoms. The molecule has 3 aromatic carbocycles. The van der Waals surface area contributed by atoms with E-state index in [4.69, 9.17) is 51.1 Å². The fraction of sp³-hybridized carbons (Fsp3) is 0.192. The van der Waals surface area contributed by atoms with Crippen LogP contribution in [0.2, 0.25) is 20.1 Å². The zero-order chi connectivity index (χ0) is 27.1. The lowest BCUT2D eigenvalue weighted by atomic mass is 10.0. The number of halogens is 5. The van der Waals surface area contributed by atoms with Gasteiger partial charge in [0, 0.05) is 5.56 Å². The van der Waals surface area contributed by atoms with Gasteiger partial charge in [-0.25, -0.2) is 5.43 Å². The molecular formula is C26H22BrCl4N3O3. The summed E-state index contributed by atoms with van der Waals surface area (Å²) < 4.78 is 6.55. The van der Waals surface area contributed by atoms with Crippen molar-refractivity contribution in [1.82, 2.24) is 10.7 Å². The van der Waals surface area contributed by atoms with E-state index in [9.17, 15) is 9.59 Å². The summed E-state index contributed by atoms with van der Waals surface area (Å²) in [5.41, 5.74) is 4.37. The van der Waals surface area contributed by atoms with Crippen molar-refractivity contribution < 1.29 is 14.3 Å². The van der Waals surface area contributed by atoms with E-state index in [0.717, 1.165) is 11.1 Å². The summed E-state index contributed by atoms with van der Waals surface area (Å²) in [4.78, 5) is 25.3. The number of nitrogens with one attached hydrogen (secondary N) is 2. The topological polar surface area (TPSA) is 79.8 Å². The molecule has 0 saturated heterocycles. The van der Waals surface area contributed by atoms with Crippen LogP contribution in [0.4, 0.5) is 0 Å². The summed E-state index contributed by atoms with van der Waals surface area (Å²) in [5.74, 6) is -0.475. The number of ether oxygens (including phenoxy) is 1. The Morgan fingerprint density at radius 2 is 1.62 bits per heavy atom. The Morgan fingerprint density at radius 1 is 0.946 bits per heavy atom. The predicted octanol–water partition coefficient (Wildman–Crippen LogP) is 7.55. The average Bonchev–Trinajstić information content (AvgIpc) is 2.85. The molecule has 6 nitrogen and oxygen atoms in total. The lowest BCUT2D eigenvalue weighted by molar-refractivity contribution is -0.123. The van der Waals surface area contributed by atoms with Gasteiger partial charge in [-0.15, -0.1) is 0 Å². The van der Waals surface area contributed by atoms with Crippen LogP contribution in [0, 0.1) is 5.92 Å². The van der Waals surface area contributed by atoms with E-state index < -0.39 is 17.9 Å². The maximum absolute atomic E-state index is 12.7. The monoisotopic (exact) mass is 643 g/mol. The first-order valence-electron chi connectivity index (χ1n) is 11.0.